The van der Waals surface area contributed by atoms with Crippen molar-refractivity contribution in [1.29, 1.82) is 0 Å². The number of phosphoric acid groups is 1. The van der Waals surface area contributed by atoms with Crippen LogP contribution in [-0.2, 0) is 66.2 Å². The average Bonchev–Trinajstić information content (AvgIpc) is 3.12. The van der Waals surface area contributed by atoms with Gasteiger partial charge >= 0.3 is 37.8 Å². The Bertz CT molecular complexity index is 1620. The highest BCUT2D eigenvalue weighted by Gasteiger charge is 2.57. The van der Waals surface area contributed by atoms with Crippen LogP contribution < -0.4 is 14.4 Å². The Kier molecular flexibility index (Phi) is 15.4. The van der Waals surface area contributed by atoms with Crippen LogP contribution in [0.2, 0.25) is 0 Å². The van der Waals surface area contributed by atoms with Crippen molar-refractivity contribution in [2.75, 3.05) is 13.7 Å². The van der Waals surface area contributed by atoms with Crippen LogP contribution in [0.1, 0.15) is 48.0 Å². The minimum atomic E-state index is -4.74. The number of ether oxygens (including phenoxy) is 8. The largest absolute Gasteiger partial charge is 0.590 e. The van der Waals surface area contributed by atoms with Gasteiger partial charge in [-0.25, -0.2) is 13.9 Å². The molecule has 18 nitrogen and oxygen atoms in total. The van der Waals surface area contributed by atoms with Gasteiger partial charge in [0.25, 0.3) is 0 Å². The third-order valence-corrected chi connectivity index (χ3v) is 9.58. The summed E-state index contributed by atoms with van der Waals surface area (Å²) in [5.74, 6) is -3.59. The van der Waals surface area contributed by atoms with E-state index in [4.69, 9.17) is 51.5 Å². The van der Waals surface area contributed by atoms with E-state index in [0.29, 0.717) is 6.42 Å². The number of hydrogen-bond acceptors (Lipinski definition) is 17. The van der Waals surface area contributed by atoms with Crippen LogP contribution in [0, 0.1) is 5.92 Å². The van der Waals surface area contributed by atoms with E-state index < -0.39 is 106 Å². The average molecular weight is 796 g/mol. The molecular weight excluding hydrogens is 749 g/mol. The van der Waals surface area contributed by atoms with Crippen molar-refractivity contribution in [3.8, 4) is 11.5 Å². The molecule has 0 aliphatic carbocycles. The Balaban J connectivity index is 1.84. The molecule has 0 unspecified atom stereocenters. The molecule has 2 saturated heterocycles. The number of nitrogens with one attached hydrogen (secondary N) is 1. The van der Waals surface area contributed by atoms with Crippen LogP contribution in [0.4, 0.5) is 4.79 Å². The molecule has 19 heteroatoms. The molecule has 0 radical (unpaired) electrons. The van der Waals surface area contributed by atoms with E-state index in [1.165, 1.54) is 38.2 Å². The van der Waals surface area contributed by atoms with Crippen LogP contribution in [0.15, 0.2) is 60.7 Å². The fourth-order valence-electron chi connectivity index (χ4n) is 5.95. The molecule has 55 heavy (non-hydrogen) atoms. The normalized spacial score (nSPS) is 27.8. The second kappa shape index (κ2) is 19.7. The number of phosphoric ester groups is 1. The lowest BCUT2D eigenvalue weighted by Gasteiger charge is -2.48. The maximum Gasteiger partial charge on any atom is 0.590 e. The minimum Gasteiger partial charge on any atom is -0.463 e. The Labute approximate surface area is 317 Å². The van der Waals surface area contributed by atoms with Crippen molar-refractivity contribution in [3.63, 3.8) is 0 Å². The molecule has 2 aromatic rings. The lowest BCUT2D eigenvalue weighted by atomic mass is 9.89. The molecule has 0 bridgehead atoms. The van der Waals surface area contributed by atoms with Gasteiger partial charge in [0.05, 0.1) is 6.10 Å². The third kappa shape index (κ3) is 12.1. The molecule has 302 valence electrons. The van der Waals surface area contributed by atoms with E-state index in [-0.39, 0.29) is 11.5 Å². The Morgan fingerprint density at radius 2 is 1.16 bits per heavy atom. The second-order valence-corrected chi connectivity index (χ2v) is 13.9. The standard InChI is InChI=1S/C36H46NO17P/c1-8-27-20(2)29(45-22(4)39)32(35(48-27)54-55(43,52-25-15-11-9-12-16-25)53-26-17-13-10-14-18-26)50-34-33(47-24(6)41)31(51-36(42)37-7)30(46-23(5)40)28(49-34)19-44-21(3)38/h9-18,20,27-35H,8,19H2,1-7H3,(H,37,42)/t20-,27+,28-,29+,30-,31-,32+,33+,34-,35-/m1/s1. The summed E-state index contributed by atoms with van der Waals surface area (Å²) in [4.78, 5) is 62.0. The molecule has 2 fully saturated rings. The first kappa shape index (κ1) is 43.0. The molecule has 1 amide bonds. The second-order valence-electron chi connectivity index (χ2n) is 12.5. The molecule has 2 aliphatic rings. The number of alkyl carbamates (subject to hydrolysis) is 1. The predicted octanol–water partition coefficient (Wildman–Crippen LogP) is 4.23. The molecule has 2 heterocycles. The topological polar surface area (TPSA) is 216 Å². The highest BCUT2D eigenvalue weighted by molar-refractivity contribution is 7.49. The van der Waals surface area contributed by atoms with E-state index in [1.54, 1.807) is 50.2 Å². The molecule has 4 rings (SSSR count). The van der Waals surface area contributed by atoms with Gasteiger partial charge in [-0.2, -0.15) is 0 Å². The van der Waals surface area contributed by atoms with Gasteiger partial charge in [-0.3, -0.25) is 19.2 Å². The minimum absolute atomic E-state index is 0.108. The van der Waals surface area contributed by atoms with Crippen LogP contribution >= 0.6 is 7.82 Å². The highest BCUT2D eigenvalue weighted by Crippen LogP contribution is 2.53. The zero-order valence-electron chi connectivity index (χ0n) is 31.3. The van der Waals surface area contributed by atoms with Crippen molar-refractivity contribution in [2.45, 2.75) is 103 Å². The van der Waals surface area contributed by atoms with Gasteiger partial charge in [0.15, 0.2) is 24.6 Å². The SMILES string of the molecule is CC[C@@H]1O[C@H](OP(=O)(Oc2ccccc2)Oc2ccccc2)[C@@H](O[C@H]2O[C@H](COC(C)=O)[C@@H](OC(C)=O)[C@@H](OC(=O)NC)[C@@H]2OC(C)=O)[C@@H](OC(C)=O)[C@@H]1C. The molecule has 0 aromatic heterocycles. The van der Waals surface area contributed by atoms with Gasteiger partial charge < -0.3 is 52.3 Å². The Morgan fingerprint density at radius 3 is 1.65 bits per heavy atom. The highest BCUT2D eigenvalue weighted by atomic mass is 31.2. The molecule has 2 aliphatic heterocycles. The van der Waals surface area contributed by atoms with Crippen molar-refractivity contribution in [3.05, 3.63) is 60.7 Å². The third-order valence-electron chi connectivity index (χ3n) is 8.25. The maximum absolute atomic E-state index is 14.7. The number of carbonyl (C=O) groups is 5. The van der Waals surface area contributed by atoms with Crippen molar-refractivity contribution in [1.82, 2.24) is 5.32 Å². The van der Waals surface area contributed by atoms with Crippen molar-refractivity contribution < 1.29 is 80.0 Å². The summed E-state index contributed by atoms with van der Waals surface area (Å²) in [6, 6.07) is 16.1. The number of para-hydroxylation sites is 2. The summed E-state index contributed by atoms with van der Waals surface area (Å²) in [6.45, 7) is 7.40. The quantitative estimate of drug-likeness (QED) is 0.152. The molecular formula is C36H46NO17P. The van der Waals surface area contributed by atoms with E-state index in [0.717, 1.165) is 20.8 Å². The number of benzene rings is 2. The lowest BCUT2D eigenvalue weighted by Crippen LogP contribution is -2.65. The maximum atomic E-state index is 14.7. The lowest BCUT2D eigenvalue weighted by molar-refractivity contribution is -0.354. The first-order valence-corrected chi connectivity index (χ1v) is 18.9. The molecule has 1 N–H and O–H groups in total. The van der Waals surface area contributed by atoms with E-state index in [9.17, 15) is 28.5 Å². The van der Waals surface area contributed by atoms with E-state index in [2.05, 4.69) is 5.32 Å². The molecule has 0 spiro atoms. The predicted molar refractivity (Wildman–Crippen MR) is 187 cm³/mol. The fourth-order valence-corrected chi connectivity index (χ4v) is 7.26. The van der Waals surface area contributed by atoms with Gasteiger partial charge in [-0.15, -0.1) is 0 Å². The van der Waals surface area contributed by atoms with E-state index >= 15 is 0 Å². The number of rotatable bonds is 15. The first-order valence-electron chi connectivity index (χ1n) is 17.4. The number of carbonyl (C=O) groups excluding carboxylic acids is 5. The summed E-state index contributed by atoms with van der Waals surface area (Å²) < 4.78 is 79.0. The van der Waals surface area contributed by atoms with Gasteiger partial charge in [0.1, 0.15) is 36.4 Å². The van der Waals surface area contributed by atoms with Crippen LogP contribution in [0.25, 0.3) is 0 Å². The van der Waals surface area contributed by atoms with Gasteiger partial charge in [-0.05, 0) is 30.7 Å². The Morgan fingerprint density at radius 1 is 0.655 bits per heavy atom. The summed E-state index contributed by atoms with van der Waals surface area (Å²) >= 11 is 0. The summed E-state index contributed by atoms with van der Waals surface area (Å²) in [5.41, 5.74) is 0. The van der Waals surface area contributed by atoms with Crippen LogP contribution in [-0.4, -0.2) is 98.9 Å². The van der Waals surface area contributed by atoms with Crippen LogP contribution in [0.5, 0.6) is 11.5 Å². The van der Waals surface area contributed by atoms with Gasteiger partial charge in [-0.1, -0.05) is 50.2 Å². The van der Waals surface area contributed by atoms with Crippen molar-refractivity contribution in [2.24, 2.45) is 5.92 Å². The first-order chi connectivity index (χ1) is 26.1. The number of hydrogen-bond donors (Lipinski definition) is 1. The van der Waals surface area contributed by atoms with Crippen molar-refractivity contribution >= 4 is 37.8 Å². The molecule has 2 aromatic carbocycles. The number of esters is 4. The fraction of sp³-hybridized carbons (Fsp3) is 0.528. The smallest absolute Gasteiger partial charge is 0.463 e. The number of amides is 1. The summed E-state index contributed by atoms with van der Waals surface area (Å²) in [7, 11) is -3.48. The zero-order chi connectivity index (χ0) is 40.3. The summed E-state index contributed by atoms with van der Waals surface area (Å²) in [5, 5.41) is 2.27. The van der Waals surface area contributed by atoms with Gasteiger partial charge in [0.2, 0.25) is 6.29 Å². The Hall–Kier alpha value is -4.74. The molecule has 10 atom stereocenters. The zero-order valence-corrected chi connectivity index (χ0v) is 32.2. The molecule has 0 saturated carbocycles. The summed E-state index contributed by atoms with van der Waals surface area (Å²) in [6.07, 6.45) is -13.9. The van der Waals surface area contributed by atoms with Gasteiger partial charge in [0, 0.05) is 40.7 Å². The van der Waals surface area contributed by atoms with Crippen LogP contribution in [0.3, 0.4) is 0 Å². The van der Waals surface area contributed by atoms with E-state index in [1.807, 2.05) is 0 Å². The monoisotopic (exact) mass is 795 g/mol.